The summed E-state index contributed by atoms with van der Waals surface area (Å²) in [5, 5.41) is 5.09. The Hall–Kier alpha value is -3.00. The van der Waals surface area contributed by atoms with Gasteiger partial charge in [0.2, 0.25) is 11.8 Å². The lowest BCUT2D eigenvalue weighted by Gasteiger charge is -2.19. The second-order valence-electron chi connectivity index (χ2n) is 11.6. The number of pyridine rings is 1. The summed E-state index contributed by atoms with van der Waals surface area (Å²) in [6.07, 6.45) is 11.4. The third-order valence-corrected chi connectivity index (χ3v) is 10.2. The first kappa shape index (κ1) is 25.0. The Bertz CT molecular complexity index is 1640. The van der Waals surface area contributed by atoms with Crippen molar-refractivity contribution in [2.45, 2.75) is 39.7 Å². The molecule has 2 unspecified atom stereocenters. The quantitative estimate of drug-likeness (QED) is 0.213. The molecule has 1 N–H and O–H groups in total. The van der Waals surface area contributed by atoms with Crippen molar-refractivity contribution in [1.29, 1.82) is 0 Å². The van der Waals surface area contributed by atoms with Gasteiger partial charge in [-0.25, -0.2) is 0 Å². The zero-order chi connectivity index (χ0) is 26.9. The van der Waals surface area contributed by atoms with Crippen molar-refractivity contribution in [1.82, 2.24) is 15.2 Å². The van der Waals surface area contributed by atoms with Crippen LogP contribution in [0.25, 0.3) is 32.3 Å². The van der Waals surface area contributed by atoms with Crippen LogP contribution in [-0.2, 0) is 22.6 Å². The summed E-state index contributed by atoms with van der Waals surface area (Å²) < 4.78 is 6.98. The van der Waals surface area contributed by atoms with E-state index in [1.807, 2.05) is 50.6 Å². The number of allylic oxidation sites excluding steroid dienone is 2. The fraction of sp³-hybridized carbons (Fsp3) is 0.387. The van der Waals surface area contributed by atoms with Gasteiger partial charge in [0.1, 0.15) is 5.58 Å². The van der Waals surface area contributed by atoms with Gasteiger partial charge < -0.3 is 9.73 Å². The number of piperidine rings is 2. The number of aromatic nitrogens is 1. The highest BCUT2D eigenvalue weighted by Crippen LogP contribution is 2.63. The van der Waals surface area contributed by atoms with E-state index in [4.69, 9.17) is 16.0 Å². The van der Waals surface area contributed by atoms with Gasteiger partial charge in [-0.15, -0.1) is 11.3 Å². The number of hydrogen-bond acceptors (Lipinski definition) is 6. The number of fused-ring (bicyclic) bond motifs is 3. The van der Waals surface area contributed by atoms with Gasteiger partial charge in [0.25, 0.3) is 0 Å². The molecular weight excluding hydrogens is 530 g/mol. The minimum Gasteiger partial charge on any atom is -0.464 e. The van der Waals surface area contributed by atoms with Crippen molar-refractivity contribution in [2.24, 2.45) is 23.2 Å². The Kier molecular flexibility index (Phi) is 5.95. The van der Waals surface area contributed by atoms with E-state index in [0.717, 1.165) is 62.3 Å². The van der Waals surface area contributed by atoms with Crippen LogP contribution < -0.4 is 5.32 Å². The molecule has 200 valence electrons. The van der Waals surface area contributed by atoms with E-state index in [-0.39, 0.29) is 29.1 Å². The van der Waals surface area contributed by atoms with Gasteiger partial charge in [0.15, 0.2) is 0 Å². The van der Waals surface area contributed by atoms with Gasteiger partial charge in [-0.05, 0) is 67.4 Å². The van der Waals surface area contributed by atoms with E-state index in [2.05, 4.69) is 22.5 Å². The molecule has 7 rings (SSSR count). The average Bonchev–Trinajstić information content (AvgIpc) is 3.26. The van der Waals surface area contributed by atoms with Gasteiger partial charge in [-0.1, -0.05) is 37.6 Å². The highest BCUT2D eigenvalue weighted by atomic mass is 35.5. The number of carbonyl (C=O) groups excluding carboxylic acids is 2. The van der Waals surface area contributed by atoms with Crippen molar-refractivity contribution in [3.63, 3.8) is 0 Å². The molecule has 1 saturated carbocycles. The molecule has 1 aliphatic carbocycles. The number of hydrogen-bond donors (Lipinski definition) is 1. The van der Waals surface area contributed by atoms with Crippen LogP contribution >= 0.6 is 22.9 Å². The van der Waals surface area contributed by atoms with Crippen LogP contribution in [0.3, 0.4) is 0 Å². The largest absolute Gasteiger partial charge is 0.464 e. The van der Waals surface area contributed by atoms with E-state index in [9.17, 15) is 9.59 Å². The lowest BCUT2D eigenvalue weighted by atomic mass is 9.95. The van der Waals surface area contributed by atoms with Gasteiger partial charge in [-0.2, -0.15) is 0 Å². The number of nitrogens with one attached hydrogen (secondary N) is 1. The highest BCUT2D eigenvalue weighted by Gasteiger charge is 2.72. The molecule has 0 radical (unpaired) electrons. The van der Waals surface area contributed by atoms with Crippen LogP contribution in [-0.4, -0.2) is 34.8 Å². The minimum atomic E-state index is -0.206. The molecule has 4 aromatic rings. The maximum absolute atomic E-state index is 12.9. The normalized spacial score (nSPS) is 23.0. The number of furan rings is 1. The molecule has 6 nitrogen and oxygen atoms in total. The first-order valence-electron chi connectivity index (χ1n) is 13.6. The van der Waals surface area contributed by atoms with E-state index >= 15 is 0 Å². The van der Waals surface area contributed by atoms with Gasteiger partial charge >= 0.3 is 0 Å². The van der Waals surface area contributed by atoms with Gasteiger partial charge in [0, 0.05) is 38.7 Å². The predicted molar refractivity (Wildman–Crippen MR) is 155 cm³/mol. The summed E-state index contributed by atoms with van der Waals surface area (Å²) in [5.74, 6) is 0.192. The number of rotatable bonds is 6. The molecule has 8 heteroatoms. The molecule has 3 fully saturated rings. The van der Waals surface area contributed by atoms with Crippen LogP contribution in [0.5, 0.6) is 0 Å². The Balaban J connectivity index is 1.22. The predicted octanol–water partition coefficient (Wildman–Crippen LogP) is 6.60. The van der Waals surface area contributed by atoms with E-state index in [1.165, 1.54) is 17.7 Å². The van der Waals surface area contributed by atoms with Crippen molar-refractivity contribution in [2.75, 3.05) is 13.1 Å². The van der Waals surface area contributed by atoms with Crippen molar-refractivity contribution >= 4 is 55.9 Å². The molecule has 2 saturated heterocycles. The molecular formula is C31H30ClN3O3S. The molecule has 2 aliphatic heterocycles. The smallest absolute Gasteiger partial charge is 0.234 e. The monoisotopic (exact) mass is 559 g/mol. The maximum Gasteiger partial charge on any atom is 0.234 e. The van der Waals surface area contributed by atoms with Crippen LogP contribution in [0, 0.1) is 23.2 Å². The number of thiophene rings is 1. The van der Waals surface area contributed by atoms with Gasteiger partial charge in [0.05, 0.1) is 34.9 Å². The maximum atomic E-state index is 12.9. The fourth-order valence-electron chi connectivity index (χ4n) is 6.58. The zero-order valence-electron chi connectivity index (χ0n) is 22.0. The summed E-state index contributed by atoms with van der Waals surface area (Å²) >= 11 is 8.14. The first-order chi connectivity index (χ1) is 18.8. The summed E-state index contributed by atoms with van der Waals surface area (Å²) in [4.78, 5) is 32.8. The lowest BCUT2D eigenvalue weighted by Crippen LogP contribution is -2.35. The third kappa shape index (κ3) is 4.14. The molecule has 3 aromatic heterocycles. The summed E-state index contributed by atoms with van der Waals surface area (Å²) in [6, 6.07) is 7.88. The number of benzene rings is 1. The average molecular weight is 560 g/mol. The number of halogens is 1. The van der Waals surface area contributed by atoms with E-state index < -0.39 is 0 Å². The lowest BCUT2D eigenvalue weighted by molar-refractivity contribution is -0.143. The standard InChI is InChI=1S/C31H30ClN3O3S/c1-31(2)26-27(31)30(37)35(29(26)36)15-20-14-23-28(39-20)21(8-11-34-23)22-12-19(32)13-24-25(22)18(16-38-24)5-3-4-17-6-9-33-10-7-17/h3-4,8,11-14,16-17,26-27,33H,5-7,9-10,15H2,1-2H3. The second-order valence-corrected chi connectivity index (χ2v) is 13.2. The molecule has 0 bridgehead atoms. The second kappa shape index (κ2) is 9.29. The van der Waals surface area contributed by atoms with Crippen LogP contribution in [0.4, 0.5) is 0 Å². The Morgan fingerprint density at radius 2 is 1.92 bits per heavy atom. The number of likely N-dealkylation sites (tertiary alicyclic amines) is 1. The topological polar surface area (TPSA) is 75.4 Å². The zero-order valence-corrected chi connectivity index (χ0v) is 23.6. The number of nitrogens with zero attached hydrogens (tertiary/aromatic N) is 2. The van der Waals surface area contributed by atoms with Crippen molar-refractivity contribution in [3.05, 3.63) is 64.3 Å². The molecule has 2 amide bonds. The van der Waals surface area contributed by atoms with Crippen LogP contribution in [0.15, 0.2) is 53.3 Å². The van der Waals surface area contributed by atoms with E-state index in [1.54, 1.807) is 11.3 Å². The number of carbonyl (C=O) groups is 2. The Morgan fingerprint density at radius 1 is 1.15 bits per heavy atom. The summed E-state index contributed by atoms with van der Waals surface area (Å²) in [7, 11) is 0. The molecule has 2 atom stereocenters. The SMILES string of the molecule is CC1(C)C2C(=O)N(Cc3cc4nccc(-c5cc(Cl)cc6occ(CC=CC7CCNCC7)c56)c4s3)C(=O)C21. The minimum absolute atomic E-state index is 0.0437. The Labute approximate surface area is 236 Å². The summed E-state index contributed by atoms with van der Waals surface area (Å²) in [6.45, 7) is 6.46. The van der Waals surface area contributed by atoms with Crippen molar-refractivity contribution in [3.8, 4) is 11.1 Å². The Morgan fingerprint density at radius 3 is 2.69 bits per heavy atom. The van der Waals surface area contributed by atoms with Gasteiger partial charge in [-0.3, -0.25) is 19.5 Å². The first-order valence-corrected chi connectivity index (χ1v) is 14.8. The van der Waals surface area contributed by atoms with Crippen LogP contribution in [0.2, 0.25) is 5.02 Å². The molecule has 3 aliphatic rings. The van der Waals surface area contributed by atoms with Crippen LogP contribution in [0.1, 0.15) is 37.1 Å². The van der Waals surface area contributed by atoms with Crippen molar-refractivity contribution < 1.29 is 14.0 Å². The molecule has 0 spiro atoms. The highest BCUT2D eigenvalue weighted by molar-refractivity contribution is 7.19. The van der Waals surface area contributed by atoms with E-state index in [0.29, 0.717) is 17.5 Å². The molecule has 39 heavy (non-hydrogen) atoms. The fourth-order valence-corrected chi connectivity index (χ4v) is 7.92. The third-order valence-electron chi connectivity index (χ3n) is 8.80. The number of imide groups is 1. The number of amides is 2. The molecule has 1 aromatic carbocycles. The summed E-state index contributed by atoms with van der Waals surface area (Å²) in [5.41, 5.74) is 4.56. The molecule has 5 heterocycles.